The predicted molar refractivity (Wildman–Crippen MR) is 69.2 cm³/mol. The molecule has 1 saturated heterocycles. The zero-order valence-corrected chi connectivity index (χ0v) is 10.3. The van der Waals surface area contributed by atoms with Gasteiger partial charge in [0.2, 0.25) is 0 Å². The highest BCUT2D eigenvalue weighted by Gasteiger charge is 2.35. The number of aryl methyl sites for hydroxylation is 1. The predicted octanol–water partition coefficient (Wildman–Crippen LogP) is 1.36. The Balaban J connectivity index is 2.12. The number of fused-ring (bicyclic) bond motifs is 1. The fraction of sp³-hybridized carbons (Fsp3) is 0.429. The zero-order valence-electron chi connectivity index (χ0n) is 10.3. The number of nitrogens with one attached hydrogen (secondary N) is 1. The lowest BCUT2D eigenvalue weighted by Gasteiger charge is -2.37. The van der Waals surface area contributed by atoms with Gasteiger partial charge in [0.25, 0.3) is 0 Å². The molecule has 1 fully saturated rings. The molecular weight excluding hydrogens is 212 g/mol. The van der Waals surface area contributed by atoms with Gasteiger partial charge in [-0.15, -0.1) is 0 Å². The molecule has 0 unspecified atom stereocenters. The summed E-state index contributed by atoms with van der Waals surface area (Å²) in [6.07, 6.45) is 0.743. The first-order valence-electron chi connectivity index (χ1n) is 6.07. The van der Waals surface area contributed by atoms with Gasteiger partial charge in [-0.05, 0) is 18.6 Å². The maximum Gasteiger partial charge on any atom is 0.0936 e. The van der Waals surface area contributed by atoms with Crippen LogP contribution in [0.1, 0.15) is 11.3 Å². The summed E-state index contributed by atoms with van der Waals surface area (Å²) in [5, 5.41) is 14.7. The maximum atomic E-state index is 10.3. The largest absolute Gasteiger partial charge is 0.387 e. The van der Waals surface area contributed by atoms with Crippen molar-refractivity contribution in [2.45, 2.75) is 18.9 Å². The molecule has 0 atom stereocenters. The Bertz CT molecular complexity index is 567. The van der Waals surface area contributed by atoms with Gasteiger partial charge in [-0.25, -0.2) is 0 Å². The lowest BCUT2D eigenvalue weighted by Crippen LogP contribution is -2.60. The summed E-state index contributed by atoms with van der Waals surface area (Å²) in [6.45, 7) is 3.54. The number of rotatable bonds is 2. The van der Waals surface area contributed by atoms with E-state index in [-0.39, 0.29) is 0 Å². The van der Waals surface area contributed by atoms with Crippen molar-refractivity contribution in [1.29, 1.82) is 0 Å². The third kappa shape index (κ3) is 1.58. The van der Waals surface area contributed by atoms with Gasteiger partial charge >= 0.3 is 0 Å². The van der Waals surface area contributed by atoms with Gasteiger partial charge in [-0.2, -0.15) is 0 Å². The second kappa shape index (κ2) is 3.59. The van der Waals surface area contributed by atoms with Gasteiger partial charge in [0.1, 0.15) is 0 Å². The molecule has 0 aliphatic carbocycles. The third-order valence-corrected chi connectivity index (χ3v) is 3.94. The smallest absolute Gasteiger partial charge is 0.0936 e. The Kier molecular flexibility index (Phi) is 2.28. The van der Waals surface area contributed by atoms with Crippen LogP contribution in [0.4, 0.5) is 0 Å². The van der Waals surface area contributed by atoms with Crippen LogP contribution in [0, 0.1) is 6.92 Å². The first kappa shape index (κ1) is 10.8. The molecule has 1 aliphatic heterocycles. The van der Waals surface area contributed by atoms with E-state index < -0.39 is 5.60 Å². The lowest BCUT2D eigenvalue weighted by atomic mass is 9.88. The van der Waals surface area contributed by atoms with Crippen LogP contribution in [0.2, 0.25) is 0 Å². The van der Waals surface area contributed by atoms with Crippen LogP contribution in [-0.4, -0.2) is 28.4 Å². The summed E-state index contributed by atoms with van der Waals surface area (Å²) in [5.41, 5.74) is 3.24. The van der Waals surface area contributed by atoms with Gasteiger partial charge in [0.15, 0.2) is 0 Å². The molecule has 0 amide bonds. The van der Waals surface area contributed by atoms with E-state index in [1.54, 1.807) is 0 Å². The summed E-state index contributed by atoms with van der Waals surface area (Å²) >= 11 is 0. The Morgan fingerprint density at radius 3 is 2.71 bits per heavy atom. The molecule has 1 aromatic heterocycles. The second-order valence-electron chi connectivity index (χ2n) is 5.14. The summed E-state index contributed by atoms with van der Waals surface area (Å²) in [5.74, 6) is 0. The minimum atomic E-state index is -0.547. The Morgan fingerprint density at radius 2 is 2.06 bits per heavy atom. The van der Waals surface area contributed by atoms with Gasteiger partial charge in [0, 0.05) is 43.2 Å². The first-order chi connectivity index (χ1) is 8.11. The maximum absolute atomic E-state index is 10.3. The van der Waals surface area contributed by atoms with E-state index in [1.165, 1.54) is 22.2 Å². The molecule has 0 saturated carbocycles. The first-order valence-corrected chi connectivity index (χ1v) is 6.07. The van der Waals surface area contributed by atoms with E-state index in [0.717, 1.165) is 6.42 Å². The van der Waals surface area contributed by atoms with Crippen LogP contribution in [0.5, 0.6) is 0 Å². The molecule has 3 rings (SSSR count). The van der Waals surface area contributed by atoms with Gasteiger partial charge in [0.05, 0.1) is 5.60 Å². The highest BCUT2D eigenvalue weighted by molar-refractivity contribution is 5.85. The monoisotopic (exact) mass is 230 g/mol. The van der Waals surface area contributed by atoms with E-state index in [2.05, 4.69) is 48.1 Å². The Labute approximate surface area is 101 Å². The number of β-amino-alcohol motifs (C(OH)–C–C–N with tert-alkyl or cyclic N) is 1. The minimum Gasteiger partial charge on any atom is -0.387 e. The summed E-state index contributed by atoms with van der Waals surface area (Å²) in [4.78, 5) is 0. The van der Waals surface area contributed by atoms with Crippen LogP contribution >= 0.6 is 0 Å². The van der Waals surface area contributed by atoms with E-state index >= 15 is 0 Å². The van der Waals surface area contributed by atoms with Crippen molar-refractivity contribution in [3.63, 3.8) is 0 Å². The topological polar surface area (TPSA) is 37.2 Å². The molecule has 2 aromatic rings. The highest BCUT2D eigenvalue weighted by atomic mass is 16.3. The molecule has 17 heavy (non-hydrogen) atoms. The van der Waals surface area contributed by atoms with E-state index in [1.807, 2.05) is 0 Å². The third-order valence-electron chi connectivity index (χ3n) is 3.94. The normalized spacial score (nSPS) is 18.3. The molecule has 3 nitrogen and oxygen atoms in total. The quantitative estimate of drug-likeness (QED) is 0.817. The number of aliphatic hydroxyl groups is 1. The second-order valence-corrected chi connectivity index (χ2v) is 5.14. The molecular formula is C14H18N2O. The van der Waals surface area contributed by atoms with Crippen molar-refractivity contribution in [3.8, 4) is 0 Å². The zero-order chi connectivity index (χ0) is 12.0. The number of nitrogens with zero attached hydrogens (tertiary/aromatic N) is 1. The number of hydrogen-bond acceptors (Lipinski definition) is 2. The molecule has 0 spiro atoms. The molecule has 2 heterocycles. The van der Waals surface area contributed by atoms with Crippen LogP contribution in [0.15, 0.2) is 24.3 Å². The minimum absolute atomic E-state index is 0.547. The Morgan fingerprint density at radius 1 is 1.35 bits per heavy atom. The van der Waals surface area contributed by atoms with Crippen LogP contribution < -0.4 is 5.32 Å². The highest BCUT2D eigenvalue weighted by Crippen LogP contribution is 2.29. The summed E-state index contributed by atoms with van der Waals surface area (Å²) in [7, 11) is 2.09. The van der Waals surface area contributed by atoms with Crippen molar-refractivity contribution < 1.29 is 5.11 Å². The van der Waals surface area contributed by atoms with Crippen molar-refractivity contribution in [3.05, 3.63) is 35.5 Å². The van der Waals surface area contributed by atoms with Gasteiger partial charge < -0.3 is 15.0 Å². The van der Waals surface area contributed by atoms with Crippen molar-refractivity contribution in [1.82, 2.24) is 9.88 Å². The summed E-state index contributed by atoms with van der Waals surface area (Å²) < 4.78 is 2.21. The molecule has 1 aromatic carbocycles. The van der Waals surface area contributed by atoms with Crippen LogP contribution in [0.3, 0.4) is 0 Å². The van der Waals surface area contributed by atoms with Crippen LogP contribution in [0.25, 0.3) is 10.9 Å². The number of para-hydroxylation sites is 1. The van der Waals surface area contributed by atoms with E-state index in [0.29, 0.717) is 13.1 Å². The number of aromatic nitrogens is 1. The summed E-state index contributed by atoms with van der Waals surface area (Å²) in [6, 6.07) is 8.40. The average molecular weight is 230 g/mol. The Hall–Kier alpha value is -1.32. The molecule has 0 radical (unpaired) electrons. The molecule has 2 N–H and O–H groups in total. The molecule has 90 valence electrons. The lowest BCUT2D eigenvalue weighted by molar-refractivity contribution is -0.00890. The van der Waals surface area contributed by atoms with E-state index in [4.69, 9.17) is 0 Å². The van der Waals surface area contributed by atoms with Crippen molar-refractivity contribution in [2.24, 2.45) is 7.05 Å². The van der Waals surface area contributed by atoms with Gasteiger partial charge in [-0.1, -0.05) is 18.2 Å². The molecule has 1 aliphatic rings. The van der Waals surface area contributed by atoms with E-state index in [9.17, 15) is 5.11 Å². The standard InChI is InChI=1S/C14H18N2O/c1-10-12(7-14(17)8-15-9-14)11-5-3-4-6-13(11)16(10)2/h3-6,15,17H,7-9H2,1-2H3. The van der Waals surface area contributed by atoms with Crippen LogP contribution in [-0.2, 0) is 13.5 Å². The SMILES string of the molecule is Cc1c(CC2(O)CNC2)c2ccccc2n1C. The van der Waals surface area contributed by atoms with Crippen molar-refractivity contribution in [2.75, 3.05) is 13.1 Å². The van der Waals surface area contributed by atoms with Gasteiger partial charge in [-0.3, -0.25) is 0 Å². The average Bonchev–Trinajstić information content (AvgIpc) is 2.53. The fourth-order valence-electron chi connectivity index (χ4n) is 2.69. The molecule has 3 heteroatoms. The van der Waals surface area contributed by atoms with Crippen molar-refractivity contribution >= 4 is 10.9 Å². The number of hydrogen-bond donors (Lipinski definition) is 2. The number of benzene rings is 1. The fourth-order valence-corrected chi connectivity index (χ4v) is 2.69. The molecule has 0 bridgehead atoms.